The first-order chi connectivity index (χ1) is 13.0. The molecule has 1 aliphatic rings. The first-order valence-electron chi connectivity index (χ1n) is 8.49. The number of nitrogens with one attached hydrogen (secondary N) is 1. The highest BCUT2D eigenvalue weighted by Crippen LogP contribution is 2.26. The normalized spacial score (nSPS) is 15.4. The first-order valence-corrected chi connectivity index (χ1v) is 11.7. The molecule has 144 valence electrons. The van der Waals surface area contributed by atoms with Gasteiger partial charge in [-0.05, 0) is 31.0 Å². The topological polar surface area (TPSA) is 92.3 Å². The monoisotopic (exact) mass is 424 g/mol. The summed E-state index contributed by atoms with van der Waals surface area (Å²) in [6.07, 6.45) is 4.54. The van der Waals surface area contributed by atoms with Crippen molar-refractivity contribution in [3.63, 3.8) is 0 Å². The summed E-state index contributed by atoms with van der Waals surface area (Å²) in [5, 5.41) is 11.0. The second-order valence-corrected chi connectivity index (χ2v) is 10.1. The molecular formula is C17H20N4O3S3. The summed E-state index contributed by atoms with van der Waals surface area (Å²) in [5.74, 6) is 0.293. The third-order valence-electron chi connectivity index (χ3n) is 4.00. The highest BCUT2D eigenvalue weighted by atomic mass is 32.2. The van der Waals surface area contributed by atoms with Crippen LogP contribution in [0.5, 0.6) is 0 Å². The van der Waals surface area contributed by atoms with Crippen LogP contribution in [-0.4, -0.2) is 47.7 Å². The quantitative estimate of drug-likeness (QED) is 0.417. The number of thioether (sulfide) groups is 1. The molecule has 0 unspecified atom stereocenters. The smallest absolute Gasteiger partial charge is 0.257 e. The number of amides is 1. The van der Waals surface area contributed by atoms with E-state index in [1.807, 2.05) is 0 Å². The van der Waals surface area contributed by atoms with Crippen molar-refractivity contribution in [3.8, 4) is 0 Å². The van der Waals surface area contributed by atoms with Crippen LogP contribution in [0.1, 0.15) is 29.6 Å². The number of sulfonamides is 1. The predicted molar refractivity (Wildman–Crippen MR) is 108 cm³/mol. The summed E-state index contributed by atoms with van der Waals surface area (Å²) in [5.41, 5.74) is 0.267. The van der Waals surface area contributed by atoms with E-state index in [9.17, 15) is 13.2 Å². The molecule has 1 saturated heterocycles. The third-order valence-corrected chi connectivity index (χ3v) is 7.86. The number of benzene rings is 1. The van der Waals surface area contributed by atoms with Gasteiger partial charge in [0.15, 0.2) is 4.34 Å². The van der Waals surface area contributed by atoms with Crippen LogP contribution in [0.4, 0.5) is 5.13 Å². The predicted octanol–water partition coefficient (Wildman–Crippen LogP) is 3.24. The Morgan fingerprint density at radius 2 is 2.07 bits per heavy atom. The number of rotatable bonds is 7. The lowest BCUT2D eigenvalue weighted by Gasteiger charge is -2.26. The number of hydrogen-bond donors (Lipinski definition) is 1. The Kier molecular flexibility index (Phi) is 6.64. The first kappa shape index (κ1) is 20.0. The van der Waals surface area contributed by atoms with Crippen LogP contribution < -0.4 is 5.32 Å². The molecule has 2 heterocycles. The standard InChI is InChI=1S/C17H20N4O3S3/c1-2-11-25-17-20-19-16(26-17)18-15(22)13-7-6-8-14(12-13)27(23,24)21-9-4-3-5-10-21/h2,6-8,12H,1,3-5,9-11H2,(H,18,19,22). The minimum Gasteiger partial charge on any atom is -0.296 e. The molecular weight excluding hydrogens is 404 g/mol. The van der Waals surface area contributed by atoms with E-state index in [2.05, 4.69) is 22.1 Å². The zero-order chi connectivity index (χ0) is 19.3. The van der Waals surface area contributed by atoms with E-state index in [1.54, 1.807) is 18.2 Å². The maximum absolute atomic E-state index is 12.8. The van der Waals surface area contributed by atoms with Gasteiger partial charge in [-0.1, -0.05) is 41.7 Å². The molecule has 10 heteroatoms. The lowest BCUT2D eigenvalue weighted by atomic mass is 10.2. The molecule has 1 amide bonds. The van der Waals surface area contributed by atoms with Crippen molar-refractivity contribution in [2.45, 2.75) is 28.5 Å². The average molecular weight is 425 g/mol. The van der Waals surface area contributed by atoms with E-state index < -0.39 is 15.9 Å². The second kappa shape index (κ2) is 8.96. The van der Waals surface area contributed by atoms with Crippen molar-refractivity contribution in [2.24, 2.45) is 0 Å². The number of aromatic nitrogens is 2. The average Bonchev–Trinajstić information content (AvgIpc) is 3.14. The minimum absolute atomic E-state index is 0.136. The molecule has 1 N–H and O–H groups in total. The summed E-state index contributed by atoms with van der Waals surface area (Å²) in [6.45, 7) is 4.69. The van der Waals surface area contributed by atoms with Gasteiger partial charge in [0.1, 0.15) is 0 Å². The van der Waals surface area contributed by atoms with Gasteiger partial charge in [-0.25, -0.2) is 8.42 Å². The molecule has 1 fully saturated rings. The molecule has 1 aromatic carbocycles. The maximum Gasteiger partial charge on any atom is 0.257 e. The molecule has 0 saturated carbocycles. The number of carbonyl (C=O) groups excluding carboxylic acids is 1. The van der Waals surface area contributed by atoms with Crippen molar-refractivity contribution in [2.75, 3.05) is 24.2 Å². The van der Waals surface area contributed by atoms with Gasteiger partial charge in [0.2, 0.25) is 15.2 Å². The van der Waals surface area contributed by atoms with Gasteiger partial charge in [-0.15, -0.1) is 16.8 Å². The van der Waals surface area contributed by atoms with Gasteiger partial charge < -0.3 is 0 Å². The molecule has 3 rings (SSSR count). The number of nitrogens with zero attached hydrogens (tertiary/aromatic N) is 3. The highest BCUT2D eigenvalue weighted by Gasteiger charge is 2.26. The summed E-state index contributed by atoms with van der Waals surface area (Å²) < 4.78 is 27.8. The van der Waals surface area contributed by atoms with Gasteiger partial charge in [-0.2, -0.15) is 4.31 Å². The van der Waals surface area contributed by atoms with Crippen molar-refractivity contribution in [3.05, 3.63) is 42.5 Å². The fourth-order valence-corrected chi connectivity index (χ4v) is 5.74. The lowest BCUT2D eigenvalue weighted by molar-refractivity contribution is 0.102. The fourth-order valence-electron chi connectivity index (χ4n) is 2.67. The molecule has 0 radical (unpaired) electrons. The van der Waals surface area contributed by atoms with E-state index in [-0.39, 0.29) is 10.5 Å². The van der Waals surface area contributed by atoms with Gasteiger partial charge in [0.25, 0.3) is 5.91 Å². The number of carbonyl (C=O) groups is 1. The Labute approximate surface area is 166 Å². The van der Waals surface area contributed by atoms with E-state index in [0.29, 0.717) is 24.0 Å². The van der Waals surface area contributed by atoms with Crippen LogP contribution in [0.2, 0.25) is 0 Å². The van der Waals surface area contributed by atoms with Crippen molar-refractivity contribution >= 4 is 44.2 Å². The largest absolute Gasteiger partial charge is 0.296 e. The highest BCUT2D eigenvalue weighted by molar-refractivity contribution is 8.01. The van der Waals surface area contributed by atoms with E-state index in [1.165, 1.54) is 39.5 Å². The van der Waals surface area contributed by atoms with Gasteiger partial charge in [-0.3, -0.25) is 10.1 Å². The van der Waals surface area contributed by atoms with Crippen molar-refractivity contribution < 1.29 is 13.2 Å². The molecule has 0 atom stereocenters. The number of anilines is 1. The molecule has 0 bridgehead atoms. The third kappa shape index (κ3) is 4.95. The van der Waals surface area contributed by atoms with Gasteiger partial charge >= 0.3 is 0 Å². The zero-order valence-electron chi connectivity index (χ0n) is 14.6. The second-order valence-electron chi connectivity index (χ2n) is 5.92. The van der Waals surface area contributed by atoms with Crippen LogP contribution in [-0.2, 0) is 10.0 Å². The molecule has 2 aromatic rings. The van der Waals surface area contributed by atoms with Crippen LogP contribution >= 0.6 is 23.1 Å². The van der Waals surface area contributed by atoms with Crippen molar-refractivity contribution in [1.82, 2.24) is 14.5 Å². The molecule has 1 aromatic heterocycles. The fraction of sp³-hybridized carbons (Fsp3) is 0.353. The summed E-state index contributed by atoms with van der Waals surface area (Å²) in [6, 6.07) is 6.10. The Hall–Kier alpha value is -1.75. The van der Waals surface area contributed by atoms with Crippen LogP contribution in [0.3, 0.4) is 0 Å². The van der Waals surface area contributed by atoms with Crippen LogP contribution in [0.25, 0.3) is 0 Å². The number of piperidine rings is 1. The summed E-state index contributed by atoms with van der Waals surface area (Å²) in [4.78, 5) is 12.6. The molecule has 7 nitrogen and oxygen atoms in total. The minimum atomic E-state index is -3.58. The van der Waals surface area contributed by atoms with Gasteiger partial charge in [0, 0.05) is 24.4 Å². The number of hydrogen-bond acceptors (Lipinski definition) is 7. The zero-order valence-corrected chi connectivity index (χ0v) is 17.1. The lowest BCUT2D eigenvalue weighted by Crippen LogP contribution is -2.35. The van der Waals surface area contributed by atoms with E-state index in [4.69, 9.17) is 0 Å². The Morgan fingerprint density at radius 1 is 1.30 bits per heavy atom. The molecule has 0 spiro atoms. The SMILES string of the molecule is C=CCSc1nnc(NC(=O)c2cccc(S(=O)(=O)N3CCCCC3)c2)s1. The summed E-state index contributed by atoms with van der Waals surface area (Å²) in [7, 11) is -3.58. The van der Waals surface area contributed by atoms with Crippen LogP contribution in [0.15, 0.2) is 46.2 Å². The molecule has 1 aliphatic heterocycles. The molecule has 27 heavy (non-hydrogen) atoms. The Morgan fingerprint density at radius 3 is 2.81 bits per heavy atom. The maximum atomic E-state index is 12.8. The van der Waals surface area contributed by atoms with Gasteiger partial charge in [0.05, 0.1) is 4.90 Å². The van der Waals surface area contributed by atoms with E-state index >= 15 is 0 Å². The molecule has 0 aliphatic carbocycles. The Balaban J connectivity index is 1.73. The Bertz CT molecular complexity index is 921. The van der Waals surface area contributed by atoms with E-state index in [0.717, 1.165) is 23.6 Å². The summed E-state index contributed by atoms with van der Waals surface area (Å²) >= 11 is 2.74. The van der Waals surface area contributed by atoms with Crippen molar-refractivity contribution in [1.29, 1.82) is 0 Å². The van der Waals surface area contributed by atoms with Crippen LogP contribution in [0, 0.1) is 0 Å².